The average molecular weight is 304 g/mol. The number of nitrogens with zero attached hydrogens (tertiary/aromatic N) is 1. The van der Waals surface area contributed by atoms with Crippen molar-refractivity contribution in [2.45, 2.75) is 0 Å². The van der Waals surface area contributed by atoms with E-state index in [0.29, 0.717) is 24.7 Å². The number of methoxy groups -OCH3 is 1. The second-order valence-electron chi connectivity index (χ2n) is 4.31. The van der Waals surface area contributed by atoms with E-state index >= 15 is 0 Å². The summed E-state index contributed by atoms with van der Waals surface area (Å²) in [5.41, 5.74) is 4.98. The molecule has 8 nitrogen and oxygen atoms in total. The molecule has 0 aliphatic carbocycles. The third-order valence-corrected chi connectivity index (χ3v) is 2.75. The molecule has 1 aromatic carbocycles. The Bertz CT molecular complexity index is 714. The minimum atomic E-state index is -0.857. The third kappa shape index (κ3) is 3.83. The number of anilines is 2. The Balaban J connectivity index is 2.21. The molecule has 0 atom stereocenters. The van der Waals surface area contributed by atoms with E-state index in [9.17, 15) is 9.59 Å². The van der Waals surface area contributed by atoms with Crippen molar-refractivity contribution in [3.63, 3.8) is 0 Å². The number of rotatable bonds is 7. The van der Waals surface area contributed by atoms with Crippen LogP contribution in [-0.2, 0) is 4.74 Å². The van der Waals surface area contributed by atoms with Gasteiger partial charge < -0.3 is 25.5 Å². The molecular weight excluding hydrogens is 288 g/mol. The Kier molecular flexibility index (Phi) is 5.10. The van der Waals surface area contributed by atoms with Crippen LogP contribution in [0.15, 0.2) is 35.4 Å². The normalized spacial score (nSPS) is 10.2. The van der Waals surface area contributed by atoms with E-state index in [1.54, 1.807) is 31.4 Å². The number of nitrogens with one attached hydrogen (secondary N) is 2. The summed E-state index contributed by atoms with van der Waals surface area (Å²) < 4.78 is 10.4. The van der Waals surface area contributed by atoms with Crippen LogP contribution in [0.3, 0.4) is 0 Å². The first-order valence-electron chi connectivity index (χ1n) is 6.48. The van der Waals surface area contributed by atoms with E-state index in [-0.39, 0.29) is 11.4 Å². The first-order valence-corrected chi connectivity index (χ1v) is 6.48. The molecule has 0 spiro atoms. The zero-order chi connectivity index (χ0) is 15.9. The maximum Gasteiger partial charge on any atom is 0.265 e. The largest absolute Gasteiger partial charge is 0.491 e. The second-order valence-corrected chi connectivity index (χ2v) is 4.31. The van der Waals surface area contributed by atoms with Gasteiger partial charge in [0.15, 0.2) is 5.82 Å². The third-order valence-electron chi connectivity index (χ3n) is 2.75. The lowest BCUT2D eigenvalue weighted by atomic mass is 10.2. The van der Waals surface area contributed by atoms with Crippen LogP contribution in [-0.4, -0.2) is 36.2 Å². The van der Waals surface area contributed by atoms with Gasteiger partial charge in [-0.25, -0.2) is 4.98 Å². The van der Waals surface area contributed by atoms with E-state index in [1.165, 1.54) is 6.33 Å². The zero-order valence-electron chi connectivity index (χ0n) is 12.0. The number of benzene rings is 1. The number of aromatic amines is 1. The van der Waals surface area contributed by atoms with Gasteiger partial charge in [0.25, 0.3) is 11.5 Å². The van der Waals surface area contributed by atoms with Crippen molar-refractivity contribution in [1.29, 1.82) is 0 Å². The lowest BCUT2D eigenvalue weighted by Crippen LogP contribution is -2.25. The van der Waals surface area contributed by atoms with Crippen LogP contribution in [0.1, 0.15) is 10.4 Å². The lowest BCUT2D eigenvalue weighted by molar-refractivity contribution is 0.0999. The van der Waals surface area contributed by atoms with E-state index in [0.717, 1.165) is 0 Å². The quantitative estimate of drug-likeness (QED) is 0.646. The molecule has 0 aliphatic heterocycles. The molecule has 8 heteroatoms. The van der Waals surface area contributed by atoms with Crippen LogP contribution in [0, 0.1) is 0 Å². The number of carbonyl (C=O) groups excluding carboxylic acids is 1. The molecule has 0 aliphatic rings. The molecule has 22 heavy (non-hydrogen) atoms. The van der Waals surface area contributed by atoms with Crippen molar-refractivity contribution in [2.75, 3.05) is 25.6 Å². The van der Waals surface area contributed by atoms with Gasteiger partial charge in [0, 0.05) is 18.9 Å². The summed E-state index contributed by atoms with van der Waals surface area (Å²) in [6, 6.07) is 7.00. The van der Waals surface area contributed by atoms with Crippen molar-refractivity contribution in [3.8, 4) is 5.75 Å². The SMILES string of the molecule is COCCOc1cccc(Nc2nc[nH]c(=O)c2C(N)=O)c1. The molecule has 1 amide bonds. The highest BCUT2D eigenvalue weighted by Gasteiger charge is 2.14. The van der Waals surface area contributed by atoms with Crippen molar-refractivity contribution < 1.29 is 14.3 Å². The van der Waals surface area contributed by atoms with Crippen LogP contribution in [0.2, 0.25) is 0 Å². The zero-order valence-corrected chi connectivity index (χ0v) is 12.0. The standard InChI is InChI=1S/C14H16N4O4/c1-21-5-6-22-10-4-2-3-9(7-10)18-13-11(12(15)19)14(20)17-8-16-13/h2-4,7-8H,5-6H2,1H3,(H2,15,19)(H2,16,17,18,20). The van der Waals surface area contributed by atoms with E-state index < -0.39 is 11.5 Å². The molecule has 1 heterocycles. The fourth-order valence-electron chi connectivity index (χ4n) is 1.77. The topological polar surface area (TPSA) is 119 Å². The predicted octanol–water partition coefficient (Wildman–Crippen LogP) is 0.638. The van der Waals surface area contributed by atoms with Crippen LogP contribution in [0.5, 0.6) is 5.75 Å². The Hall–Kier alpha value is -2.87. The number of hydrogen-bond acceptors (Lipinski definition) is 6. The summed E-state index contributed by atoms with van der Waals surface area (Å²) in [6.07, 6.45) is 1.19. The summed E-state index contributed by atoms with van der Waals surface area (Å²) in [5.74, 6) is -0.151. The predicted molar refractivity (Wildman–Crippen MR) is 80.5 cm³/mol. The van der Waals surface area contributed by atoms with Gasteiger partial charge in [-0.2, -0.15) is 0 Å². The molecule has 0 fully saturated rings. The Labute approximate surface area is 126 Å². The maximum atomic E-state index is 11.6. The van der Waals surface area contributed by atoms with Crippen LogP contribution in [0.4, 0.5) is 11.5 Å². The van der Waals surface area contributed by atoms with E-state index in [1.807, 2.05) is 0 Å². The number of aromatic nitrogens is 2. The highest BCUT2D eigenvalue weighted by atomic mass is 16.5. The molecule has 0 unspecified atom stereocenters. The van der Waals surface area contributed by atoms with Crippen LogP contribution in [0.25, 0.3) is 0 Å². The Morgan fingerprint density at radius 3 is 2.95 bits per heavy atom. The minimum Gasteiger partial charge on any atom is -0.491 e. The van der Waals surface area contributed by atoms with Gasteiger partial charge in [-0.15, -0.1) is 0 Å². The van der Waals surface area contributed by atoms with Gasteiger partial charge >= 0.3 is 0 Å². The maximum absolute atomic E-state index is 11.6. The van der Waals surface area contributed by atoms with E-state index in [2.05, 4.69) is 15.3 Å². The number of nitrogens with two attached hydrogens (primary N) is 1. The molecule has 0 radical (unpaired) electrons. The molecule has 4 N–H and O–H groups in total. The first-order chi connectivity index (χ1) is 10.6. The van der Waals surface area contributed by atoms with Crippen molar-refractivity contribution in [3.05, 3.63) is 46.5 Å². The molecule has 0 saturated carbocycles. The monoisotopic (exact) mass is 304 g/mol. The van der Waals surface area contributed by atoms with Crippen molar-refractivity contribution >= 4 is 17.4 Å². The number of carbonyl (C=O) groups is 1. The summed E-state index contributed by atoms with van der Waals surface area (Å²) in [4.78, 5) is 29.2. The number of hydrogen-bond donors (Lipinski definition) is 3. The van der Waals surface area contributed by atoms with Crippen LogP contribution < -0.4 is 21.3 Å². The number of amides is 1. The smallest absolute Gasteiger partial charge is 0.265 e. The van der Waals surface area contributed by atoms with Crippen molar-refractivity contribution in [1.82, 2.24) is 9.97 Å². The Morgan fingerprint density at radius 2 is 2.23 bits per heavy atom. The van der Waals surface area contributed by atoms with Gasteiger partial charge in [-0.05, 0) is 12.1 Å². The highest BCUT2D eigenvalue weighted by Crippen LogP contribution is 2.21. The van der Waals surface area contributed by atoms with Gasteiger partial charge in [-0.1, -0.05) is 6.07 Å². The summed E-state index contributed by atoms with van der Waals surface area (Å²) in [6.45, 7) is 0.884. The Morgan fingerprint density at radius 1 is 1.41 bits per heavy atom. The average Bonchev–Trinajstić information content (AvgIpc) is 2.47. The summed E-state index contributed by atoms with van der Waals surface area (Å²) >= 11 is 0. The molecular formula is C14H16N4O4. The fourth-order valence-corrected chi connectivity index (χ4v) is 1.77. The minimum absolute atomic E-state index is 0.0882. The lowest BCUT2D eigenvalue weighted by Gasteiger charge is -2.10. The molecule has 116 valence electrons. The molecule has 0 saturated heterocycles. The van der Waals surface area contributed by atoms with Gasteiger partial charge in [0.05, 0.1) is 12.9 Å². The van der Waals surface area contributed by atoms with Crippen LogP contribution >= 0.6 is 0 Å². The number of ether oxygens (including phenoxy) is 2. The fraction of sp³-hybridized carbons (Fsp3) is 0.214. The highest BCUT2D eigenvalue weighted by molar-refractivity contribution is 5.97. The molecule has 1 aromatic heterocycles. The number of primary amides is 1. The van der Waals surface area contributed by atoms with E-state index in [4.69, 9.17) is 15.2 Å². The number of H-pyrrole nitrogens is 1. The van der Waals surface area contributed by atoms with Gasteiger partial charge in [-0.3, -0.25) is 9.59 Å². The first kappa shape index (κ1) is 15.5. The van der Waals surface area contributed by atoms with Crippen molar-refractivity contribution in [2.24, 2.45) is 5.73 Å². The molecule has 2 rings (SSSR count). The molecule has 2 aromatic rings. The summed E-state index contributed by atoms with van der Waals surface area (Å²) in [5, 5.41) is 2.88. The van der Waals surface area contributed by atoms with Gasteiger partial charge in [0.2, 0.25) is 0 Å². The van der Waals surface area contributed by atoms with Gasteiger partial charge in [0.1, 0.15) is 17.9 Å². The summed E-state index contributed by atoms with van der Waals surface area (Å²) in [7, 11) is 1.59. The molecule has 0 bridgehead atoms. The second kappa shape index (κ2) is 7.23.